The third-order valence-corrected chi connectivity index (χ3v) is 13.2. The van der Waals surface area contributed by atoms with Crippen LogP contribution in [0.4, 0.5) is 0 Å². The molecule has 305 valence electrons. The quantitative estimate of drug-likeness (QED) is 0.113. The van der Waals surface area contributed by atoms with Crippen molar-refractivity contribution in [1.29, 1.82) is 0 Å². The van der Waals surface area contributed by atoms with Crippen molar-refractivity contribution >= 4 is 46.2 Å². The summed E-state index contributed by atoms with van der Waals surface area (Å²) in [6.45, 7) is 19.9. The zero-order valence-electron chi connectivity index (χ0n) is 37.0. The molecule has 6 aromatic carbocycles. The number of imidazole rings is 1. The largest absolute Gasteiger partial charge is 0.501 e. The summed E-state index contributed by atoms with van der Waals surface area (Å²) in [5.74, 6) is 0.874. The van der Waals surface area contributed by atoms with Crippen molar-refractivity contribution in [3.8, 4) is 39.5 Å². The van der Waals surface area contributed by atoms with Gasteiger partial charge in [-0.1, -0.05) is 151 Å². The molecule has 4 nitrogen and oxygen atoms in total. The molecule has 0 aliphatic carbocycles. The first-order valence-corrected chi connectivity index (χ1v) is 24.2. The van der Waals surface area contributed by atoms with Crippen molar-refractivity contribution in [3.63, 3.8) is 0 Å². The Balaban J connectivity index is 0.000000226. The SMILES string of the molecule is CC(C)c1cc(-c2ccccc2)cc(C(C)C)c1-n1c(-c2[c-]ccc3c2oc2ccccc23)nc2ccccc21.[2H]C(C)(C)c1c[c-]c(-c2ccc([Si](C)(C)C)cn2)cc1.[Ir]. The molecule has 0 saturated heterocycles. The molecule has 6 heteroatoms. The molecule has 0 N–H and O–H groups in total. The van der Waals surface area contributed by atoms with Crippen LogP contribution < -0.4 is 5.19 Å². The van der Waals surface area contributed by atoms with Crippen LogP contribution in [0.25, 0.3) is 72.4 Å². The van der Waals surface area contributed by atoms with Crippen molar-refractivity contribution in [1.82, 2.24) is 14.5 Å². The second kappa shape index (κ2) is 17.7. The molecule has 3 aromatic heterocycles. The number of aromatic nitrogens is 3. The maximum absolute atomic E-state index is 8.01. The zero-order valence-corrected chi connectivity index (χ0v) is 39.4. The van der Waals surface area contributed by atoms with Crippen LogP contribution in [-0.2, 0) is 20.1 Å². The monoisotopic (exact) mass is 981 g/mol. The summed E-state index contributed by atoms with van der Waals surface area (Å²) < 4.78 is 16.8. The van der Waals surface area contributed by atoms with Gasteiger partial charge in [0, 0.05) is 38.7 Å². The second-order valence-electron chi connectivity index (χ2n) is 17.3. The van der Waals surface area contributed by atoms with Gasteiger partial charge in [0.15, 0.2) is 0 Å². The number of benzene rings is 6. The van der Waals surface area contributed by atoms with Crippen LogP contribution in [0.3, 0.4) is 0 Å². The van der Waals surface area contributed by atoms with Gasteiger partial charge in [-0.05, 0) is 75.3 Å². The fourth-order valence-corrected chi connectivity index (χ4v) is 8.82. The van der Waals surface area contributed by atoms with Crippen molar-refractivity contribution in [2.75, 3.05) is 0 Å². The Bertz CT molecular complexity index is 2850. The smallest absolute Gasteiger partial charge is 0.120 e. The molecule has 3 heterocycles. The molecule has 60 heavy (non-hydrogen) atoms. The van der Waals surface area contributed by atoms with Gasteiger partial charge in [-0.2, -0.15) is 0 Å². The van der Waals surface area contributed by atoms with Gasteiger partial charge in [0.1, 0.15) is 5.58 Å². The number of hydrogen-bond donors (Lipinski definition) is 0. The van der Waals surface area contributed by atoms with E-state index >= 15 is 0 Å². The van der Waals surface area contributed by atoms with Gasteiger partial charge in [-0.25, -0.2) is 0 Å². The van der Waals surface area contributed by atoms with Crippen molar-refractivity contribution in [2.24, 2.45) is 0 Å². The Hall–Kier alpha value is -5.39. The molecule has 0 aliphatic rings. The number of hydrogen-bond acceptors (Lipinski definition) is 3. The fraction of sp³-hybridized carbons (Fsp3) is 0.222. The van der Waals surface area contributed by atoms with Gasteiger partial charge in [0.05, 0.1) is 30.5 Å². The standard InChI is InChI=1S/C37H31N2O.C17H22NSi.Ir/c1-23(2)30-21-26(25-13-6-5-7-14-25)22-31(24(3)4)35(30)39-33-19-10-9-18-32(33)38-37(39)29-17-12-16-28-27-15-8-11-20-34(27)40-36(28)29;1-13(2)14-6-8-15(9-7-14)17-11-10-16(12-18-17)19(3,4)5;/h5-16,18-24H,1-4H3;6-8,10-13H,1-5H3;/q2*-1;/i;13D;. The second-order valence-corrected chi connectivity index (χ2v) is 22.4. The van der Waals surface area contributed by atoms with Gasteiger partial charge in [0.25, 0.3) is 0 Å². The van der Waals surface area contributed by atoms with Crippen molar-refractivity contribution in [3.05, 3.63) is 168 Å². The first kappa shape index (κ1) is 41.3. The van der Waals surface area contributed by atoms with Gasteiger partial charge in [-0.15, -0.1) is 53.6 Å². The average Bonchev–Trinajstić information content (AvgIpc) is 3.82. The topological polar surface area (TPSA) is 43.9 Å². The number of para-hydroxylation sites is 3. The van der Waals surface area contributed by atoms with Crippen molar-refractivity contribution < 1.29 is 25.9 Å². The van der Waals surface area contributed by atoms with Crippen LogP contribution in [0, 0.1) is 12.1 Å². The Kier molecular flexibility index (Phi) is 12.2. The van der Waals surface area contributed by atoms with Crippen LogP contribution in [0.15, 0.2) is 144 Å². The maximum atomic E-state index is 8.01. The van der Waals surface area contributed by atoms with Crippen LogP contribution in [-0.4, -0.2) is 22.6 Å². The van der Waals surface area contributed by atoms with E-state index in [4.69, 9.17) is 10.8 Å². The van der Waals surface area contributed by atoms with Crippen LogP contribution in [0.5, 0.6) is 0 Å². The van der Waals surface area contributed by atoms with E-state index in [1.807, 2.05) is 56.4 Å². The average molecular weight is 981 g/mol. The third kappa shape index (κ3) is 8.47. The predicted molar refractivity (Wildman–Crippen MR) is 252 cm³/mol. The summed E-state index contributed by atoms with van der Waals surface area (Å²) in [7, 11) is -1.29. The van der Waals surface area contributed by atoms with E-state index in [1.54, 1.807) is 0 Å². The van der Waals surface area contributed by atoms with E-state index in [2.05, 4.69) is 166 Å². The Morgan fingerprint density at radius 1 is 0.700 bits per heavy atom. The molecule has 0 atom stereocenters. The summed E-state index contributed by atoms with van der Waals surface area (Å²) in [6, 6.07) is 53.0. The minimum absolute atomic E-state index is 0. The minimum atomic E-state index is -1.29. The first-order valence-electron chi connectivity index (χ1n) is 21.2. The van der Waals surface area contributed by atoms with Gasteiger partial charge >= 0.3 is 0 Å². The summed E-state index contributed by atoms with van der Waals surface area (Å²) in [5, 5.41) is 3.55. The van der Waals surface area contributed by atoms with E-state index < -0.39 is 14.0 Å². The molecule has 0 bridgehead atoms. The van der Waals surface area contributed by atoms with Gasteiger partial charge in [0.2, 0.25) is 0 Å². The summed E-state index contributed by atoms with van der Waals surface area (Å²) in [6.07, 6.45) is 2.00. The molecule has 0 aliphatic heterocycles. The van der Waals surface area contributed by atoms with E-state index in [0.717, 1.165) is 61.2 Å². The van der Waals surface area contributed by atoms with Crippen molar-refractivity contribution in [2.45, 2.75) is 78.9 Å². The molecule has 0 spiro atoms. The predicted octanol–water partition coefficient (Wildman–Crippen LogP) is 14.5. The fourth-order valence-electron chi connectivity index (χ4n) is 7.78. The Morgan fingerprint density at radius 3 is 2.02 bits per heavy atom. The minimum Gasteiger partial charge on any atom is -0.501 e. The number of furan rings is 1. The van der Waals surface area contributed by atoms with Gasteiger partial charge in [-0.3, -0.25) is 4.98 Å². The molecule has 0 saturated carbocycles. The number of rotatable bonds is 8. The molecule has 9 aromatic rings. The summed E-state index contributed by atoms with van der Waals surface area (Å²) in [5.41, 5.74) is 13.8. The van der Waals surface area contributed by atoms with Crippen LogP contribution in [0.1, 0.15) is 77.3 Å². The zero-order chi connectivity index (χ0) is 42.3. The summed E-state index contributed by atoms with van der Waals surface area (Å²) >= 11 is 0. The first-order chi connectivity index (χ1) is 28.7. The molecule has 1 radical (unpaired) electrons. The Morgan fingerprint density at radius 2 is 1.38 bits per heavy atom. The van der Waals surface area contributed by atoms with E-state index in [0.29, 0.717) is 11.8 Å². The van der Waals surface area contributed by atoms with Crippen LogP contribution in [0.2, 0.25) is 19.6 Å². The number of fused-ring (bicyclic) bond motifs is 4. The summed E-state index contributed by atoms with van der Waals surface area (Å²) in [4.78, 5) is 9.80. The molecule has 0 fully saturated rings. The maximum Gasteiger partial charge on any atom is 0.120 e. The third-order valence-electron chi connectivity index (χ3n) is 11.2. The molecular formula is C54H53IrN3OSi-2. The van der Waals surface area contributed by atoms with E-state index in [-0.39, 0.29) is 20.1 Å². The molecule has 0 unspecified atom stereocenters. The molecule has 0 amide bonds. The number of nitrogens with zero attached hydrogens (tertiary/aromatic N) is 3. The molecule has 9 rings (SSSR count). The normalized spacial score (nSPS) is 12.2. The number of pyridine rings is 1. The molecular weight excluding hydrogens is 927 g/mol. The van der Waals surface area contributed by atoms with E-state index in [9.17, 15) is 0 Å². The van der Waals surface area contributed by atoms with Crippen LogP contribution >= 0.6 is 0 Å². The Labute approximate surface area is 371 Å². The van der Waals surface area contributed by atoms with E-state index in [1.165, 1.54) is 33.1 Å². The van der Waals surface area contributed by atoms with Gasteiger partial charge < -0.3 is 14.0 Å².